The molecule has 1 aromatic carbocycles. The van der Waals surface area contributed by atoms with Gasteiger partial charge < -0.3 is 5.32 Å². The molecule has 24 heavy (non-hydrogen) atoms. The van der Waals surface area contributed by atoms with Crippen LogP contribution in [0.15, 0.2) is 40.6 Å². The number of sulfonamides is 1. The van der Waals surface area contributed by atoms with Crippen LogP contribution in [0.3, 0.4) is 0 Å². The molecule has 1 saturated heterocycles. The molecule has 0 spiro atoms. The van der Waals surface area contributed by atoms with Crippen molar-refractivity contribution in [3.63, 3.8) is 0 Å². The lowest BCUT2D eigenvalue weighted by molar-refractivity contribution is 0.102. The number of amides is 1. The summed E-state index contributed by atoms with van der Waals surface area (Å²) in [6, 6.07) is 9.08. The van der Waals surface area contributed by atoms with E-state index in [9.17, 15) is 13.2 Å². The summed E-state index contributed by atoms with van der Waals surface area (Å²) in [5, 5.41) is 4.51. The summed E-state index contributed by atoms with van der Waals surface area (Å²) in [6.07, 6.45) is 2.53. The van der Waals surface area contributed by atoms with Gasteiger partial charge in [0.2, 0.25) is 10.0 Å². The molecule has 0 bridgehead atoms. The van der Waals surface area contributed by atoms with Crippen molar-refractivity contribution in [3.8, 4) is 0 Å². The van der Waals surface area contributed by atoms with Gasteiger partial charge in [0.1, 0.15) is 9.77 Å². The number of anilines is 1. The number of rotatable bonds is 5. The standard InChI is InChI=1S/C17H20N2O3S2/c1-2-13-7-3-4-8-14(13)18-17(20)16-15(9-12-23-16)24(21,22)19-10-5-6-11-19/h3-4,7-9,12H,2,5-6,10-11H2,1H3,(H,18,20). The Morgan fingerprint density at radius 2 is 1.92 bits per heavy atom. The van der Waals surface area contributed by atoms with Crippen LogP contribution in [0.25, 0.3) is 0 Å². The van der Waals surface area contributed by atoms with Crippen molar-refractivity contribution in [2.75, 3.05) is 18.4 Å². The average Bonchev–Trinajstić information content (AvgIpc) is 3.27. The molecular formula is C17H20N2O3S2. The predicted octanol–water partition coefficient (Wildman–Crippen LogP) is 3.35. The number of hydrogen-bond donors (Lipinski definition) is 1. The molecule has 2 aromatic rings. The zero-order valence-corrected chi connectivity index (χ0v) is 15.1. The first kappa shape index (κ1) is 17.1. The van der Waals surface area contributed by atoms with E-state index in [1.54, 1.807) is 5.38 Å². The molecule has 5 nitrogen and oxygen atoms in total. The molecule has 0 unspecified atom stereocenters. The lowest BCUT2D eigenvalue weighted by Crippen LogP contribution is -2.29. The molecule has 0 aliphatic carbocycles. The molecular weight excluding hydrogens is 344 g/mol. The minimum absolute atomic E-state index is 0.112. The summed E-state index contributed by atoms with van der Waals surface area (Å²) >= 11 is 1.16. The van der Waals surface area contributed by atoms with Crippen LogP contribution in [-0.4, -0.2) is 31.7 Å². The summed E-state index contributed by atoms with van der Waals surface area (Å²) in [6.45, 7) is 3.06. The van der Waals surface area contributed by atoms with Gasteiger partial charge in [-0.15, -0.1) is 11.3 Å². The Morgan fingerprint density at radius 3 is 2.62 bits per heavy atom. The molecule has 0 saturated carbocycles. The van der Waals surface area contributed by atoms with Crippen molar-refractivity contribution in [1.82, 2.24) is 4.31 Å². The summed E-state index contributed by atoms with van der Waals surface area (Å²) < 4.78 is 27.0. The molecule has 0 radical (unpaired) electrons. The van der Waals surface area contributed by atoms with E-state index in [-0.39, 0.29) is 15.7 Å². The van der Waals surface area contributed by atoms with Gasteiger partial charge in [-0.25, -0.2) is 8.42 Å². The first-order valence-corrected chi connectivity index (χ1v) is 10.3. The normalized spacial score (nSPS) is 15.5. The van der Waals surface area contributed by atoms with Crippen molar-refractivity contribution in [2.45, 2.75) is 31.1 Å². The van der Waals surface area contributed by atoms with E-state index >= 15 is 0 Å². The monoisotopic (exact) mass is 364 g/mol. The van der Waals surface area contributed by atoms with Gasteiger partial charge >= 0.3 is 0 Å². The Kier molecular flexibility index (Phi) is 5.03. The highest BCUT2D eigenvalue weighted by Gasteiger charge is 2.31. The molecule has 1 aliphatic rings. The van der Waals surface area contributed by atoms with E-state index < -0.39 is 10.0 Å². The number of carbonyl (C=O) groups excluding carboxylic acids is 1. The zero-order chi connectivity index (χ0) is 17.2. The maximum atomic E-state index is 12.7. The summed E-state index contributed by atoms with van der Waals surface area (Å²) in [7, 11) is -3.60. The molecule has 1 amide bonds. The summed E-state index contributed by atoms with van der Waals surface area (Å²) in [4.78, 5) is 13.0. The van der Waals surface area contributed by atoms with Gasteiger partial charge in [-0.2, -0.15) is 4.31 Å². The number of aryl methyl sites for hydroxylation is 1. The van der Waals surface area contributed by atoms with Gasteiger partial charge in [-0.05, 0) is 42.3 Å². The van der Waals surface area contributed by atoms with Gasteiger partial charge in [0, 0.05) is 18.8 Å². The van der Waals surface area contributed by atoms with Crippen LogP contribution in [0.2, 0.25) is 0 Å². The Balaban J connectivity index is 1.88. The van der Waals surface area contributed by atoms with Gasteiger partial charge in [0.25, 0.3) is 5.91 Å². The van der Waals surface area contributed by atoms with E-state index in [4.69, 9.17) is 0 Å². The van der Waals surface area contributed by atoms with E-state index in [1.165, 1.54) is 10.4 Å². The highest BCUT2D eigenvalue weighted by molar-refractivity contribution is 7.89. The minimum atomic E-state index is -3.60. The largest absolute Gasteiger partial charge is 0.321 e. The lowest BCUT2D eigenvalue weighted by Gasteiger charge is -2.16. The van der Waals surface area contributed by atoms with Crippen LogP contribution in [0.5, 0.6) is 0 Å². The molecule has 1 aromatic heterocycles. The van der Waals surface area contributed by atoms with Crippen molar-refractivity contribution >= 4 is 33.0 Å². The van der Waals surface area contributed by atoms with Crippen LogP contribution < -0.4 is 5.32 Å². The van der Waals surface area contributed by atoms with Crippen LogP contribution in [-0.2, 0) is 16.4 Å². The molecule has 1 aliphatic heterocycles. The van der Waals surface area contributed by atoms with Gasteiger partial charge in [-0.3, -0.25) is 4.79 Å². The maximum Gasteiger partial charge on any atom is 0.267 e. The number of nitrogens with one attached hydrogen (secondary N) is 1. The Hall–Kier alpha value is -1.70. The molecule has 2 heterocycles. The van der Waals surface area contributed by atoms with Crippen LogP contribution in [0.4, 0.5) is 5.69 Å². The SMILES string of the molecule is CCc1ccccc1NC(=O)c1sccc1S(=O)(=O)N1CCCC1. The molecule has 1 N–H and O–H groups in total. The lowest BCUT2D eigenvalue weighted by atomic mass is 10.1. The van der Waals surface area contributed by atoms with E-state index in [0.717, 1.165) is 41.9 Å². The Bertz CT molecular complexity index is 837. The topological polar surface area (TPSA) is 66.5 Å². The smallest absolute Gasteiger partial charge is 0.267 e. The van der Waals surface area contributed by atoms with Crippen molar-refractivity contribution in [1.29, 1.82) is 0 Å². The van der Waals surface area contributed by atoms with Crippen molar-refractivity contribution in [2.24, 2.45) is 0 Å². The van der Waals surface area contributed by atoms with Gasteiger partial charge in [-0.1, -0.05) is 25.1 Å². The number of hydrogen-bond acceptors (Lipinski definition) is 4. The maximum absolute atomic E-state index is 12.7. The molecule has 128 valence electrons. The molecule has 3 rings (SSSR count). The third kappa shape index (κ3) is 3.24. The summed E-state index contributed by atoms with van der Waals surface area (Å²) in [5.74, 6) is -0.372. The van der Waals surface area contributed by atoms with E-state index in [1.807, 2.05) is 31.2 Å². The fourth-order valence-electron chi connectivity index (χ4n) is 2.86. The van der Waals surface area contributed by atoms with Crippen molar-refractivity contribution in [3.05, 3.63) is 46.2 Å². The highest BCUT2D eigenvalue weighted by Crippen LogP contribution is 2.28. The number of thiophene rings is 1. The van der Waals surface area contributed by atoms with Crippen LogP contribution >= 0.6 is 11.3 Å². The third-order valence-electron chi connectivity index (χ3n) is 4.16. The molecule has 7 heteroatoms. The third-order valence-corrected chi connectivity index (χ3v) is 7.15. The van der Waals surface area contributed by atoms with Crippen LogP contribution in [0.1, 0.15) is 35.0 Å². The zero-order valence-electron chi connectivity index (χ0n) is 13.5. The minimum Gasteiger partial charge on any atom is -0.321 e. The Morgan fingerprint density at radius 1 is 1.21 bits per heavy atom. The number of para-hydroxylation sites is 1. The molecule has 1 fully saturated rings. The molecule has 0 atom stereocenters. The van der Waals surface area contributed by atoms with Crippen LogP contribution in [0, 0.1) is 0 Å². The number of nitrogens with zero attached hydrogens (tertiary/aromatic N) is 1. The van der Waals surface area contributed by atoms with E-state index in [0.29, 0.717) is 13.1 Å². The van der Waals surface area contributed by atoms with Gasteiger partial charge in [0.15, 0.2) is 0 Å². The second-order valence-electron chi connectivity index (χ2n) is 5.69. The first-order chi connectivity index (χ1) is 11.5. The van der Waals surface area contributed by atoms with Gasteiger partial charge in [0.05, 0.1) is 0 Å². The number of carbonyl (C=O) groups is 1. The second kappa shape index (κ2) is 7.04. The summed E-state index contributed by atoms with van der Waals surface area (Å²) in [5.41, 5.74) is 1.74. The highest BCUT2D eigenvalue weighted by atomic mass is 32.2. The quantitative estimate of drug-likeness (QED) is 0.885. The second-order valence-corrected chi connectivity index (χ2v) is 8.51. The fourth-order valence-corrected chi connectivity index (χ4v) is 5.68. The average molecular weight is 364 g/mol. The predicted molar refractivity (Wildman–Crippen MR) is 96.1 cm³/mol. The fraction of sp³-hybridized carbons (Fsp3) is 0.353. The van der Waals surface area contributed by atoms with E-state index in [2.05, 4.69) is 5.32 Å². The number of benzene rings is 1. The first-order valence-electron chi connectivity index (χ1n) is 8.01. The van der Waals surface area contributed by atoms with Crippen molar-refractivity contribution < 1.29 is 13.2 Å². The Labute approximate surface area is 146 Å².